The fourth-order valence-electron chi connectivity index (χ4n) is 1.35. The molecule has 0 radical (unpaired) electrons. The lowest BCUT2D eigenvalue weighted by Crippen LogP contribution is -2.08. The van der Waals surface area contributed by atoms with E-state index in [-0.39, 0.29) is 12.2 Å². The zero-order valence-electron chi connectivity index (χ0n) is 9.66. The Morgan fingerprint density at radius 3 is 2.76 bits per heavy atom. The highest BCUT2D eigenvalue weighted by Gasteiger charge is 2.14. The third kappa shape index (κ3) is 3.15. The van der Waals surface area contributed by atoms with Gasteiger partial charge in [0.15, 0.2) is 0 Å². The van der Waals surface area contributed by atoms with E-state index < -0.39 is 11.8 Å². The third-order valence-corrected chi connectivity index (χ3v) is 2.22. The highest BCUT2D eigenvalue weighted by molar-refractivity contribution is 6.01. The normalized spacial score (nSPS) is 11.4. The van der Waals surface area contributed by atoms with Gasteiger partial charge in [-0.2, -0.15) is 5.26 Å². The summed E-state index contributed by atoms with van der Waals surface area (Å²) in [6, 6.07) is 7.51. The molecule has 17 heavy (non-hydrogen) atoms. The molecule has 0 spiro atoms. The molecule has 0 heterocycles. The highest BCUT2D eigenvalue weighted by atomic mass is 19.1. The molecular weight excluding hydrogens is 221 g/mol. The van der Waals surface area contributed by atoms with E-state index in [0.717, 1.165) is 0 Å². The van der Waals surface area contributed by atoms with E-state index in [9.17, 15) is 9.18 Å². The predicted molar refractivity (Wildman–Crippen MR) is 61.2 cm³/mol. The van der Waals surface area contributed by atoms with Crippen LogP contribution in [0.5, 0.6) is 0 Å². The van der Waals surface area contributed by atoms with Crippen LogP contribution in [0.3, 0.4) is 0 Å². The Hall–Kier alpha value is -2.15. The second-order valence-electron chi connectivity index (χ2n) is 3.34. The van der Waals surface area contributed by atoms with E-state index in [0.29, 0.717) is 11.1 Å². The number of ether oxygens (including phenoxy) is 1. The number of rotatable bonds is 3. The lowest BCUT2D eigenvalue weighted by molar-refractivity contribution is -0.137. The first kappa shape index (κ1) is 12.9. The molecular formula is C13H12FNO2. The quantitative estimate of drug-likeness (QED) is 0.458. The minimum absolute atomic E-state index is 0.0996. The minimum atomic E-state index is -0.684. The molecule has 0 aliphatic heterocycles. The Balaban J connectivity index is 3.18. The molecule has 0 aromatic heterocycles. The predicted octanol–water partition coefficient (Wildman–Crippen LogP) is 2.69. The summed E-state index contributed by atoms with van der Waals surface area (Å²) >= 11 is 0. The maximum Gasteiger partial charge on any atom is 0.349 e. The second-order valence-corrected chi connectivity index (χ2v) is 3.34. The number of carbonyl (C=O) groups excluding carboxylic acids is 1. The number of benzene rings is 1. The van der Waals surface area contributed by atoms with Crippen LogP contribution in [0.1, 0.15) is 19.4 Å². The van der Waals surface area contributed by atoms with Crippen molar-refractivity contribution in [3.05, 3.63) is 41.2 Å². The summed E-state index contributed by atoms with van der Waals surface area (Å²) in [6.45, 7) is 3.44. The van der Waals surface area contributed by atoms with E-state index >= 15 is 0 Å². The molecule has 1 aromatic rings. The van der Waals surface area contributed by atoms with Crippen molar-refractivity contribution in [1.82, 2.24) is 0 Å². The van der Waals surface area contributed by atoms with Crippen LogP contribution in [0.15, 0.2) is 29.8 Å². The van der Waals surface area contributed by atoms with E-state index in [2.05, 4.69) is 0 Å². The molecule has 3 nitrogen and oxygen atoms in total. The number of allylic oxidation sites excluding steroid dienone is 1. The molecule has 0 saturated carbocycles. The summed E-state index contributed by atoms with van der Waals surface area (Å²) in [5.74, 6) is -1.10. The van der Waals surface area contributed by atoms with Gasteiger partial charge in [0.25, 0.3) is 0 Å². The molecule has 0 fully saturated rings. The molecule has 1 rings (SSSR count). The summed E-state index contributed by atoms with van der Waals surface area (Å²) in [5, 5.41) is 8.92. The number of carbonyl (C=O) groups is 1. The van der Waals surface area contributed by atoms with Crippen molar-refractivity contribution in [1.29, 1.82) is 5.26 Å². The molecule has 0 atom stereocenters. The highest BCUT2D eigenvalue weighted by Crippen LogP contribution is 2.19. The summed E-state index contributed by atoms with van der Waals surface area (Å²) in [5.41, 5.74) is 0.803. The maximum atomic E-state index is 13.0. The van der Waals surface area contributed by atoms with Gasteiger partial charge in [0.05, 0.1) is 6.61 Å². The Morgan fingerprint density at radius 2 is 2.24 bits per heavy atom. The van der Waals surface area contributed by atoms with Crippen LogP contribution in [-0.2, 0) is 9.53 Å². The topological polar surface area (TPSA) is 50.1 Å². The van der Waals surface area contributed by atoms with Crippen molar-refractivity contribution in [2.24, 2.45) is 0 Å². The van der Waals surface area contributed by atoms with Gasteiger partial charge in [0, 0.05) is 0 Å². The van der Waals surface area contributed by atoms with Crippen LogP contribution in [-0.4, -0.2) is 12.6 Å². The van der Waals surface area contributed by atoms with Gasteiger partial charge in [0.1, 0.15) is 17.5 Å². The summed E-state index contributed by atoms with van der Waals surface area (Å²) in [4.78, 5) is 11.5. The number of esters is 1. The van der Waals surface area contributed by atoms with Crippen LogP contribution in [0.4, 0.5) is 4.39 Å². The van der Waals surface area contributed by atoms with Crippen molar-refractivity contribution in [3.8, 4) is 6.07 Å². The van der Waals surface area contributed by atoms with Crippen molar-refractivity contribution in [3.63, 3.8) is 0 Å². The van der Waals surface area contributed by atoms with Crippen molar-refractivity contribution >= 4 is 11.5 Å². The average molecular weight is 233 g/mol. The number of nitriles is 1. The third-order valence-electron chi connectivity index (χ3n) is 2.22. The summed E-state index contributed by atoms with van der Waals surface area (Å²) in [7, 11) is 0. The summed E-state index contributed by atoms with van der Waals surface area (Å²) in [6.07, 6.45) is 0. The SMILES string of the molecule is CCOC(=O)/C(C#N)=C(\C)c1cccc(F)c1. The Bertz CT molecular complexity index is 500. The van der Waals surface area contributed by atoms with Gasteiger partial charge in [0.2, 0.25) is 0 Å². The smallest absolute Gasteiger partial charge is 0.349 e. The summed E-state index contributed by atoms with van der Waals surface area (Å²) < 4.78 is 17.8. The minimum Gasteiger partial charge on any atom is -0.462 e. The Morgan fingerprint density at radius 1 is 1.53 bits per heavy atom. The van der Waals surface area contributed by atoms with Gasteiger partial charge in [-0.25, -0.2) is 9.18 Å². The zero-order valence-corrected chi connectivity index (χ0v) is 9.66. The average Bonchev–Trinajstić information content (AvgIpc) is 2.30. The maximum absolute atomic E-state index is 13.0. The van der Waals surface area contributed by atoms with Crippen molar-refractivity contribution in [2.75, 3.05) is 6.61 Å². The molecule has 0 unspecified atom stereocenters. The molecule has 0 aliphatic rings. The molecule has 88 valence electrons. The van der Waals surface area contributed by atoms with Gasteiger partial charge in [-0.3, -0.25) is 0 Å². The van der Waals surface area contributed by atoms with Crippen molar-refractivity contribution in [2.45, 2.75) is 13.8 Å². The van der Waals surface area contributed by atoms with E-state index in [1.165, 1.54) is 18.2 Å². The van der Waals surface area contributed by atoms with Gasteiger partial charge < -0.3 is 4.74 Å². The lowest BCUT2D eigenvalue weighted by Gasteiger charge is -2.05. The van der Waals surface area contributed by atoms with Gasteiger partial charge >= 0.3 is 5.97 Å². The van der Waals surface area contributed by atoms with Crippen LogP contribution >= 0.6 is 0 Å². The van der Waals surface area contributed by atoms with Gasteiger partial charge in [-0.05, 0) is 37.1 Å². The van der Waals surface area contributed by atoms with Gasteiger partial charge in [-0.1, -0.05) is 12.1 Å². The monoisotopic (exact) mass is 233 g/mol. The molecule has 4 heteroatoms. The number of hydrogen-bond donors (Lipinski definition) is 0. The molecule has 0 N–H and O–H groups in total. The first-order chi connectivity index (χ1) is 8.10. The van der Waals surface area contributed by atoms with E-state index in [1.807, 2.05) is 0 Å². The van der Waals surface area contributed by atoms with Gasteiger partial charge in [-0.15, -0.1) is 0 Å². The van der Waals surface area contributed by atoms with Crippen LogP contribution in [0.25, 0.3) is 5.57 Å². The van der Waals surface area contributed by atoms with Crippen molar-refractivity contribution < 1.29 is 13.9 Å². The molecule has 1 aromatic carbocycles. The fraction of sp³-hybridized carbons (Fsp3) is 0.231. The fourth-order valence-corrected chi connectivity index (χ4v) is 1.35. The molecule has 0 aliphatic carbocycles. The van der Waals surface area contributed by atoms with Crippen LogP contribution in [0.2, 0.25) is 0 Å². The Kier molecular flexibility index (Phi) is 4.41. The first-order valence-electron chi connectivity index (χ1n) is 5.14. The van der Waals surface area contributed by atoms with Crippen LogP contribution in [0, 0.1) is 17.1 Å². The zero-order chi connectivity index (χ0) is 12.8. The standard InChI is InChI=1S/C13H12FNO2/c1-3-17-13(16)12(8-15)9(2)10-5-4-6-11(14)7-10/h4-7H,3H2,1-2H3/b12-9+. The molecule has 0 saturated heterocycles. The van der Waals surface area contributed by atoms with Crippen LogP contribution < -0.4 is 0 Å². The number of hydrogen-bond acceptors (Lipinski definition) is 3. The van der Waals surface area contributed by atoms with E-state index in [1.54, 1.807) is 26.0 Å². The number of nitrogens with zero attached hydrogens (tertiary/aromatic N) is 1. The first-order valence-corrected chi connectivity index (χ1v) is 5.14. The lowest BCUT2D eigenvalue weighted by atomic mass is 10.0. The Labute approximate surface area is 99.1 Å². The second kappa shape index (κ2) is 5.80. The number of halogens is 1. The van der Waals surface area contributed by atoms with E-state index in [4.69, 9.17) is 10.00 Å². The molecule has 0 amide bonds. The molecule has 0 bridgehead atoms. The largest absolute Gasteiger partial charge is 0.462 e.